The molecule has 2 aromatic rings. The average Bonchev–Trinajstić information content (AvgIpc) is 2.69. The van der Waals surface area contributed by atoms with Gasteiger partial charge in [0.15, 0.2) is 0 Å². The van der Waals surface area contributed by atoms with Gasteiger partial charge in [-0.2, -0.15) is 0 Å². The first kappa shape index (κ1) is 25.6. The first-order valence-corrected chi connectivity index (χ1v) is 8.78. The molecule has 0 aliphatic heterocycles. The van der Waals surface area contributed by atoms with Crippen LogP contribution in [0.4, 0.5) is 0 Å². The lowest BCUT2D eigenvalue weighted by atomic mass is 9.94. The number of benzene rings is 2. The van der Waals surface area contributed by atoms with Crippen molar-refractivity contribution in [3.8, 4) is 0 Å². The molecule has 0 aromatic heterocycles. The average molecular weight is 450 g/mol. The molecule has 0 bridgehead atoms. The largest absolute Gasteiger partial charge is 0.481 e. The lowest BCUT2D eigenvalue weighted by molar-refractivity contribution is -0.149. The molecular formula is C20H18O12. The molecule has 12 nitrogen and oxygen atoms in total. The number of carboxylic acids is 6. The van der Waals surface area contributed by atoms with Crippen LogP contribution in [0.15, 0.2) is 30.3 Å². The second kappa shape index (κ2) is 11.1. The molecule has 2 rings (SSSR count). The highest BCUT2D eigenvalue weighted by Gasteiger charge is 2.24. The smallest absolute Gasteiger partial charge is 0.337 e. The molecule has 2 aromatic carbocycles. The maximum Gasteiger partial charge on any atom is 0.337 e. The summed E-state index contributed by atoms with van der Waals surface area (Å²) in [6, 6.07) is 6.78. The molecule has 12 heteroatoms. The maximum atomic E-state index is 11.2. The van der Waals surface area contributed by atoms with Gasteiger partial charge in [-0.3, -0.25) is 14.4 Å². The van der Waals surface area contributed by atoms with Crippen molar-refractivity contribution in [2.75, 3.05) is 0 Å². The van der Waals surface area contributed by atoms with Crippen molar-refractivity contribution >= 4 is 46.6 Å². The van der Waals surface area contributed by atoms with Crippen LogP contribution in [0, 0.1) is 5.92 Å². The van der Waals surface area contributed by atoms with Crippen molar-refractivity contribution < 1.29 is 59.4 Å². The molecule has 1 unspecified atom stereocenters. The second-order valence-corrected chi connectivity index (χ2v) is 6.37. The van der Waals surface area contributed by atoms with E-state index in [2.05, 4.69) is 0 Å². The zero-order valence-electron chi connectivity index (χ0n) is 16.2. The Morgan fingerprint density at radius 2 is 1.22 bits per heavy atom. The van der Waals surface area contributed by atoms with Crippen molar-refractivity contribution in [2.45, 2.75) is 19.3 Å². The number of carboxylic acid groups (broad SMARTS) is 6. The van der Waals surface area contributed by atoms with Crippen LogP contribution >= 0.6 is 0 Å². The van der Waals surface area contributed by atoms with Gasteiger partial charge in [0.2, 0.25) is 0 Å². The normalized spacial score (nSPS) is 11.0. The minimum absolute atomic E-state index is 0.0901. The number of rotatable bonds is 9. The van der Waals surface area contributed by atoms with Gasteiger partial charge in [0.1, 0.15) is 0 Å². The van der Waals surface area contributed by atoms with E-state index in [1.807, 2.05) is 0 Å². The molecule has 0 amide bonds. The fourth-order valence-corrected chi connectivity index (χ4v) is 2.77. The summed E-state index contributed by atoms with van der Waals surface area (Å²) in [7, 11) is 0. The summed E-state index contributed by atoms with van der Waals surface area (Å²) in [6.45, 7) is 0. The van der Waals surface area contributed by atoms with E-state index in [1.165, 1.54) is 18.2 Å². The van der Waals surface area contributed by atoms with Gasteiger partial charge in [0.25, 0.3) is 0 Å². The summed E-state index contributed by atoms with van der Waals surface area (Å²) in [5, 5.41) is 52.5. The molecule has 1 atom stereocenters. The first-order chi connectivity index (χ1) is 14.9. The number of fused-ring (bicyclic) bond motifs is 1. The van der Waals surface area contributed by atoms with E-state index in [1.54, 1.807) is 6.07 Å². The minimum atomic E-state index is -1.48. The lowest BCUT2D eigenvalue weighted by Gasteiger charge is -2.09. The maximum absolute atomic E-state index is 11.2. The van der Waals surface area contributed by atoms with Crippen molar-refractivity contribution in [3.05, 3.63) is 47.0 Å². The van der Waals surface area contributed by atoms with E-state index in [9.17, 15) is 28.8 Å². The van der Waals surface area contributed by atoms with Crippen LogP contribution < -0.4 is 0 Å². The zero-order valence-corrected chi connectivity index (χ0v) is 16.2. The zero-order chi connectivity index (χ0) is 24.6. The monoisotopic (exact) mass is 450 g/mol. The predicted octanol–water partition coefficient (Wildman–Crippen LogP) is 1.96. The second-order valence-electron chi connectivity index (χ2n) is 6.37. The number of hydrogen-bond acceptors (Lipinski definition) is 6. The summed E-state index contributed by atoms with van der Waals surface area (Å²) < 4.78 is 0. The molecule has 0 aliphatic carbocycles. The Kier molecular flexibility index (Phi) is 8.83. The van der Waals surface area contributed by atoms with Gasteiger partial charge in [-0.15, -0.1) is 0 Å². The molecule has 0 saturated heterocycles. The van der Waals surface area contributed by atoms with Gasteiger partial charge < -0.3 is 30.6 Å². The summed E-state index contributed by atoms with van der Waals surface area (Å²) in [5.74, 6) is -8.96. The van der Waals surface area contributed by atoms with E-state index in [4.69, 9.17) is 30.6 Å². The molecule has 0 spiro atoms. The molecule has 0 saturated carbocycles. The van der Waals surface area contributed by atoms with E-state index in [0.29, 0.717) is 0 Å². The molecule has 0 radical (unpaired) electrons. The Hall–Kier alpha value is -4.48. The third-order valence-electron chi connectivity index (χ3n) is 4.20. The Balaban J connectivity index is 0.000000347. The third-order valence-corrected chi connectivity index (χ3v) is 4.20. The fourth-order valence-electron chi connectivity index (χ4n) is 2.77. The number of hydrogen-bond donors (Lipinski definition) is 6. The van der Waals surface area contributed by atoms with Crippen LogP contribution in [0.2, 0.25) is 0 Å². The Morgan fingerprint density at radius 1 is 0.688 bits per heavy atom. The highest BCUT2D eigenvalue weighted by atomic mass is 16.4. The standard InChI is InChI=1S/C13H8O6.C7H10O6/c14-11(15)8-5-9(12(16)17)10(13(18)19)7-4-2-1-3-6(7)8;8-5(9)2-1-4(7(12)13)3-6(10)11/h1-5H,(H,14,15)(H,16,17)(H,18,19);4H,1-3H2,(H,8,9)(H,10,11)(H,12,13). The van der Waals surface area contributed by atoms with Crippen LogP contribution in [-0.4, -0.2) is 66.5 Å². The topological polar surface area (TPSA) is 224 Å². The summed E-state index contributed by atoms with van der Waals surface area (Å²) in [4.78, 5) is 64.0. The molecule has 0 heterocycles. The van der Waals surface area contributed by atoms with Crippen LogP contribution in [0.25, 0.3) is 10.8 Å². The summed E-state index contributed by atoms with van der Waals surface area (Å²) >= 11 is 0. The number of carbonyl (C=O) groups is 6. The minimum Gasteiger partial charge on any atom is -0.481 e. The highest BCUT2D eigenvalue weighted by molar-refractivity contribution is 6.16. The fraction of sp³-hybridized carbons (Fsp3) is 0.200. The van der Waals surface area contributed by atoms with Crippen molar-refractivity contribution in [3.63, 3.8) is 0 Å². The third kappa shape index (κ3) is 6.79. The van der Waals surface area contributed by atoms with Gasteiger partial charge in [-0.1, -0.05) is 24.3 Å². The van der Waals surface area contributed by atoms with Crippen molar-refractivity contribution in [2.24, 2.45) is 5.92 Å². The molecule has 0 fully saturated rings. The highest BCUT2D eigenvalue weighted by Crippen LogP contribution is 2.27. The Bertz CT molecular complexity index is 1090. The Labute approximate surface area is 179 Å². The van der Waals surface area contributed by atoms with Gasteiger partial charge in [0.05, 0.1) is 29.0 Å². The van der Waals surface area contributed by atoms with Crippen molar-refractivity contribution in [1.29, 1.82) is 0 Å². The molecular weight excluding hydrogens is 432 g/mol. The quantitative estimate of drug-likeness (QED) is 0.322. The van der Waals surface area contributed by atoms with Crippen LogP contribution in [0.3, 0.4) is 0 Å². The summed E-state index contributed by atoms with van der Waals surface area (Å²) in [6.07, 6.45) is -1.02. The predicted molar refractivity (Wildman–Crippen MR) is 105 cm³/mol. The molecule has 0 aliphatic rings. The first-order valence-electron chi connectivity index (χ1n) is 8.78. The van der Waals surface area contributed by atoms with E-state index >= 15 is 0 Å². The van der Waals surface area contributed by atoms with E-state index in [0.717, 1.165) is 6.07 Å². The number of aromatic carboxylic acids is 3. The van der Waals surface area contributed by atoms with Crippen LogP contribution in [0.5, 0.6) is 0 Å². The van der Waals surface area contributed by atoms with Gasteiger partial charge in [0, 0.05) is 6.42 Å². The Morgan fingerprint density at radius 3 is 1.62 bits per heavy atom. The lowest BCUT2D eigenvalue weighted by Crippen LogP contribution is -2.18. The van der Waals surface area contributed by atoms with Gasteiger partial charge in [-0.25, -0.2) is 14.4 Å². The SMILES string of the molecule is O=C(O)CCC(CC(=O)O)C(=O)O.O=C(O)c1cc(C(=O)O)c2ccccc2c1C(=O)O. The van der Waals surface area contributed by atoms with Gasteiger partial charge >= 0.3 is 35.8 Å². The molecule has 170 valence electrons. The van der Waals surface area contributed by atoms with E-state index < -0.39 is 59.3 Å². The van der Waals surface area contributed by atoms with Gasteiger partial charge in [-0.05, 0) is 23.3 Å². The van der Waals surface area contributed by atoms with Crippen LogP contribution in [-0.2, 0) is 14.4 Å². The summed E-state index contributed by atoms with van der Waals surface area (Å²) in [5.41, 5.74) is -1.19. The molecule has 6 N–H and O–H groups in total. The molecule has 32 heavy (non-hydrogen) atoms. The van der Waals surface area contributed by atoms with Crippen molar-refractivity contribution in [1.82, 2.24) is 0 Å². The van der Waals surface area contributed by atoms with E-state index in [-0.39, 0.29) is 29.2 Å². The van der Waals surface area contributed by atoms with Crippen LogP contribution in [0.1, 0.15) is 50.3 Å². The number of aliphatic carboxylic acids is 3.